The zero-order valence-electron chi connectivity index (χ0n) is 19.7. The van der Waals surface area contributed by atoms with Gasteiger partial charge in [-0.2, -0.15) is 0 Å². The third-order valence-electron chi connectivity index (χ3n) is 6.30. The Balaban J connectivity index is 1.61. The molecule has 4 aromatic rings. The van der Waals surface area contributed by atoms with E-state index in [9.17, 15) is 4.79 Å². The molecule has 5 rings (SSSR count). The van der Waals surface area contributed by atoms with E-state index in [4.69, 9.17) is 12.2 Å². The second-order valence-corrected chi connectivity index (χ2v) is 8.92. The summed E-state index contributed by atoms with van der Waals surface area (Å²) < 4.78 is 2.20. The fraction of sp³-hybridized carbons (Fsp3) is 0.179. The molecule has 1 saturated heterocycles. The van der Waals surface area contributed by atoms with E-state index in [1.165, 1.54) is 0 Å². The van der Waals surface area contributed by atoms with Crippen LogP contribution in [0.5, 0.6) is 0 Å². The number of thiocarbonyl (C=S) groups is 1. The number of carbonyl (C=O) groups excluding carboxylic acids is 1. The SMILES string of the molecule is CCC(=O)Nc1ccc(N2C(=S)N[C@@H](c3ccccn3)[C@H]2c2cccn2-c2ccccc2)cc1C. The smallest absolute Gasteiger partial charge is 0.224 e. The zero-order valence-corrected chi connectivity index (χ0v) is 20.5. The molecule has 1 amide bonds. The van der Waals surface area contributed by atoms with Crippen LogP contribution in [0, 0.1) is 6.92 Å². The van der Waals surface area contributed by atoms with Crippen LogP contribution >= 0.6 is 12.2 Å². The number of anilines is 2. The fourth-order valence-corrected chi connectivity index (χ4v) is 4.91. The Kier molecular flexibility index (Phi) is 6.33. The number of amides is 1. The number of aromatic nitrogens is 2. The first-order chi connectivity index (χ1) is 17.1. The lowest BCUT2D eigenvalue weighted by molar-refractivity contribution is -0.115. The van der Waals surface area contributed by atoms with Crippen LogP contribution < -0.4 is 15.5 Å². The third kappa shape index (κ3) is 4.42. The molecule has 7 heteroatoms. The highest BCUT2D eigenvalue weighted by molar-refractivity contribution is 7.80. The highest BCUT2D eigenvalue weighted by atomic mass is 32.1. The van der Waals surface area contributed by atoms with Crippen molar-refractivity contribution in [2.24, 2.45) is 0 Å². The molecule has 2 N–H and O–H groups in total. The van der Waals surface area contributed by atoms with E-state index in [1.807, 2.05) is 68.6 Å². The van der Waals surface area contributed by atoms with Crippen molar-refractivity contribution in [2.75, 3.05) is 10.2 Å². The summed E-state index contributed by atoms with van der Waals surface area (Å²) in [5.74, 6) is -0.00649. The summed E-state index contributed by atoms with van der Waals surface area (Å²) in [7, 11) is 0. The molecule has 0 bridgehead atoms. The van der Waals surface area contributed by atoms with Crippen molar-refractivity contribution < 1.29 is 4.79 Å². The van der Waals surface area contributed by atoms with Crippen LogP contribution in [0.4, 0.5) is 11.4 Å². The number of rotatable bonds is 6. The maximum atomic E-state index is 11.9. The van der Waals surface area contributed by atoms with Gasteiger partial charge in [0, 0.05) is 41.6 Å². The molecule has 1 fully saturated rings. The topological polar surface area (TPSA) is 62.2 Å². The summed E-state index contributed by atoms with van der Waals surface area (Å²) in [4.78, 5) is 18.8. The second kappa shape index (κ2) is 9.72. The largest absolute Gasteiger partial charge is 0.351 e. The first-order valence-electron chi connectivity index (χ1n) is 11.7. The van der Waals surface area contributed by atoms with Gasteiger partial charge in [-0.1, -0.05) is 31.2 Å². The van der Waals surface area contributed by atoms with Gasteiger partial charge in [-0.15, -0.1) is 0 Å². The monoisotopic (exact) mass is 481 g/mol. The van der Waals surface area contributed by atoms with Crippen LogP contribution in [0.1, 0.15) is 42.4 Å². The Bertz CT molecular complexity index is 1350. The normalized spacial score (nSPS) is 17.3. The van der Waals surface area contributed by atoms with Crippen molar-refractivity contribution in [2.45, 2.75) is 32.4 Å². The summed E-state index contributed by atoms with van der Waals surface area (Å²) in [6.45, 7) is 3.84. The van der Waals surface area contributed by atoms with Crippen molar-refractivity contribution in [1.82, 2.24) is 14.9 Å². The molecule has 2 aromatic heterocycles. The quantitative estimate of drug-likeness (QED) is 0.346. The predicted molar refractivity (Wildman–Crippen MR) is 144 cm³/mol. The number of pyridine rings is 1. The molecule has 0 spiro atoms. The van der Waals surface area contributed by atoms with Crippen molar-refractivity contribution in [3.8, 4) is 5.69 Å². The molecule has 6 nitrogen and oxygen atoms in total. The summed E-state index contributed by atoms with van der Waals surface area (Å²) >= 11 is 5.88. The lowest BCUT2D eigenvalue weighted by atomic mass is 10.00. The van der Waals surface area contributed by atoms with Crippen molar-refractivity contribution in [3.63, 3.8) is 0 Å². The minimum Gasteiger partial charge on any atom is -0.351 e. The molecule has 176 valence electrons. The fourth-order valence-electron chi connectivity index (χ4n) is 4.57. The molecule has 35 heavy (non-hydrogen) atoms. The van der Waals surface area contributed by atoms with Gasteiger partial charge in [-0.3, -0.25) is 9.78 Å². The number of nitrogens with zero attached hydrogens (tertiary/aromatic N) is 3. The number of hydrogen-bond acceptors (Lipinski definition) is 3. The minimum absolute atomic E-state index is 0.00649. The molecular formula is C28H27N5OS. The van der Waals surface area contributed by atoms with Gasteiger partial charge in [0.05, 0.1) is 11.7 Å². The number of carbonyl (C=O) groups is 1. The predicted octanol–water partition coefficient (Wildman–Crippen LogP) is 5.71. The van der Waals surface area contributed by atoms with E-state index in [0.717, 1.165) is 34.0 Å². The van der Waals surface area contributed by atoms with Crippen LogP contribution in [0.25, 0.3) is 5.69 Å². The molecule has 0 unspecified atom stereocenters. The average Bonchev–Trinajstić information content (AvgIpc) is 3.50. The van der Waals surface area contributed by atoms with E-state index in [2.05, 4.69) is 61.6 Å². The summed E-state index contributed by atoms with van der Waals surface area (Å²) in [6.07, 6.45) is 4.32. The number of benzene rings is 2. The lowest BCUT2D eigenvalue weighted by Crippen LogP contribution is -2.30. The Morgan fingerprint density at radius 1 is 1.03 bits per heavy atom. The number of hydrogen-bond donors (Lipinski definition) is 2. The number of aryl methyl sites for hydroxylation is 1. The summed E-state index contributed by atoms with van der Waals surface area (Å²) in [5, 5.41) is 7.13. The zero-order chi connectivity index (χ0) is 24.4. The van der Waals surface area contributed by atoms with Crippen molar-refractivity contribution in [1.29, 1.82) is 0 Å². The summed E-state index contributed by atoms with van der Waals surface area (Å²) in [6, 6.07) is 26.2. The van der Waals surface area contributed by atoms with E-state index >= 15 is 0 Å². The molecule has 2 atom stereocenters. The molecule has 1 aliphatic heterocycles. The average molecular weight is 482 g/mol. The van der Waals surface area contributed by atoms with Gasteiger partial charge >= 0.3 is 0 Å². The van der Waals surface area contributed by atoms with Gasteiger partial charge in [0.1, 0.15) is 6.04 Å². The molecule has 2 aromatic carbocycles. The Labute approximate surface area is 210 Å². The third-order valence-corrected chi connectivity index (χ3v) is 6.61. The maximum absolute atomic E-state index is 11.9. The highest BCUT2D eigenvalue weighted by Crippen LogP contribution is 2.42. The Morgan fingerprint density at radius 2 is 1.83 bits per heavy atom. The van der Waals surface area contributed by atoms with Gasteiger partial charge in [0.15, 0.2) is 5.11 Å². The van der Waals surface area contributed by atoms with E-state index in [0.29, 0.717) is 11.5 Å². The van der Waals surface area contributed by atoms with Gasteiger partial charge in [-0.25, -0.2) is 0 Å². The van der Waals surface area contributed by atoms with E-state index < -0.39 is 0 Å². The van der Waals surface area contributed by atoms with Crippen LogP contribution in [0.15, 0.2) is 91.3 Å². The van der Waals surface area contributed by atoms with Gasteiger partial charge < -0.3 is 20.1 Å². The number of para-hydroxylation sites is 1. The first kappa shape index (κ1) is 22.8. The second-order valence-electron chi connectivity index (χ2n) is 8.54. The Morgan fingerprint density at radius 3 is 2.54 bits per heavy atom. The van der Waals surface area contributed by atoms with Crippen LogP contribution in [-0.4, -0.2) is 20.6 Å². The van der Waals surface area contributed by atoms with Crippen molar-refractivity contribution in [3.05, 3.63) is 108 Å². The molecule has 0 radical (unpaired) electrons. The van der Waals surface area contributed by atoms with Crippen molar-refractivity contribution >= 4 is 34.6 Å². The van der Waals surface area contributed by atoms with Gasteiger partial charge in [-0.05, 0) is 79.3 Å². The molecule has 0 saturated carbocycles. The minimum atomic E-state index is -0.138. The molecule has 3 heterocycles. The van der Waals surface area contributed by atoms with Gasteiger partial charge in [0.2, 0.25) is 5.91 Å². The van der Waals surface area contributed by atoms with Crippen LogP contribution in [-0.2, 0) is 4.79 Å². The maximum Gasteiger partial charge on any atom is 0.224 e. The lowest BCUT2D eigenvalue weighted by Gasteiger charge is -2.29. The summed E-state index contributed by atoms with van der Waals surface area (Å²) in [5.41, 5.74) is 5.85. The molecular weight excluding hydrogens is 454 g/mol. The molecule has 0 aliphatic carbocycles. The van der Waals surface area contributed by atoms with E-state index in [-0.39, 0.29) is 18.0 Å². The highest BCUT2D eigenvalue weighted by Gasteiger charge is 2.42. The van der Waals surface area contributed by atoms with Crippen LogP contribution in [0.3, 0.4) is 0 Å². The van der Waals surface area contributed by atoms with Crippen LogP contribution in [0.2, 0.25) is 0 Å². The first-order valence-corrected chi connectivity index (χ1v) is 12.1. The standard InChI is InChI=1S/C28H27N5OS/c1-3-25(34)30-22-15-14-21(18-19(22)2)33-27(26(31-28(33)35)23-12-7-8-16-29-23)24-13-9-17-32(24)20-10-5-4-6-11-20/h4-18,26-27H,3H2,1-2H3,(H,30,34)(H,31,35)/t26-,27+/m0/s1. The number of nitrogens with one attached hydrogen (secondary N) is 2. The van der Waals surface area contributed by atoms with Gasteiger partial charge in [0.25, 0.3) is 0 Å². The van der Waals surface area contributed by atoms with E-state index in [1.54, 1.807) is 0 Å². The Hall–Kier alpha value is -3.97. The molecule has 1 aliphatic rings.